The minimum atomic E-state index is 0.153. The second kappa shape index (κ2) is 5.67. The van der Waals surface area contributed by atoms with Crippen LogP contribution in [0.4, 0.5) is 5.82 Å². The van der Waals surface area contributed by atoms with Crippen molar-refractivity contribution in [2.24, 2.45) is 0 Å². The number of pyridine rings is 1. The van der Waals surface area contributed by atoms with Crippen LogP contribution in [0.1, 0.15) is 25.8 Å². The first-order chi connectivity index (χ1) is 8.63. The number of rotatable bonds is 2. The molecule has 1 aromatic heterocycles. The van der Waals surface area contributed by atoms with Crippen LogP contribution >= 0.6 is 0 Å². The zero-order valence-electron chi connectivity index (χ0n) is 11.5. The van der Waals surface area contributed by atoms with E-state index in [-0.39, 0.29) is 12.6 Å². The molecule has 0 aliphatic carbocycles. The average molecular weight is 249 g/mol. The highest BCUT2D eigenvalue weighted by atomic mass is 16.3. The number of aromatic nitrogens is 1. The lowest BCUT2D eigenvalue weighted by molar-refractivity contribution is 0.181. The van der Waals surface area contributed by atoms with Crippen molar-refractivity contribution < 1.29 is 5.11 Å². The Morgan fingerprint density at radius 1 is 1.50 bits per heavy atom. The van der Waals surface area contributed by atoms with Gasteiger partial charge in [0.2, 0.25) is 0 Å². The van der Waals surface area contributed by atoms with E-state index in [0.717, 1.165) is 25.3 Å². The minimum Gasteiger partial charge on any atom is -0.394 e. The van der Waals surface area contributed by atoms with Gasteiger partial charge in [-0.05, 0) is 26.3 Å². The standard InChI is InChI=1S/C14H23N3O/c1-11(2)17-8-6-13(10-18)16(3)14-12(9-17)5-4-7-15-14/h4-5,7,11,13,18H,6,8-10H2,1-3H3/t13-/m0/s1. The van der Waals surface area contributed by atoms with Gasteiger partial charge in [-0.15, -0.1) is 0 Å². The molecular formula is C14H23N3O. The summed E-state index contributed by atoms with van der Waals surface area (Å²) < 4.78 is 0. The maximum Gasteiger partial charge on any atom is 0.133 e. The van der Waals surface area contributed by atoms with E-state index in [0.29, 0.717) is 6.04 Å². The van der Waals surface area contributed by atoms with E-state index < -0.39 is 0 Å². The third kappa shape index (κ3) is 2.65. The molecule has 0 saturated heterocycles. The molecule has 1 aliphatic heterocycles. The Morgan fingerprint density at radius 2 is 2.28 bits per heavy atom. The van der Waals surface area contributed by atoms with Gasteiger partial charge in [-0.1, -0.05) is 6.07 Å². The fraction of sp³-hybridized carbons (Fsp3) is 0.643. The van der Waals surface area contributed by atoms with Crippen molar-refractivity contribution in [3.05, 3.63) is 23.9 Å². The number of anilines is 1. The lowest BCUT2D eigenvalue weighted by Gasteiger charge is -2.36. The van der Waals surface area contributed by atoms with Crippen LogP contribution in [0.2, 0.25) is 0 Å². The zero-order valence-corrected chi connectivity index (χ0v) is 11.5. The predicted molar refractivity (Wildman–Crippen MR) is 73.7 cm³/mol. The van der Waals surface area contributed by atoms with Crippen LogP contribution in [0.25, 0.3) is 0 Å². The summed E-state index contributed by atoms with van der Waals surface area (Å²) in [6, 6.07) is 4.79. The first-order valence-corrected chi connectivity index (χ1v) is 6.65. The van der Waals surface area contributed by atoms with Crippen molar-refractivity contribution >= 4 is 5.82 Å². The van der Waals surface area contributed by atoms with Gasteiger partial charge in [0.25, 0.3) is 0 Å². The van der Waals surface area contributed by atoms with E-state index in [1.807, 2.05) is 19.3 Å². The topological polar surface area (TPSA) is 39.6 Å². The highest BCUT2D eigenvalue weighted by molar-refractivity contribution is 5.47. The number of likely N-dealkylation sites (N-methyl/N-ethyl adjacent to an activating group) is 1. The third-order valence-electron chi connectivity index (χ3n) is 3.81. The van der Waals surface area contributed by atoms with Crippen LogP contribution in [0.5, 0.6) is 0 Å². The SMILES string of the molecule is CC(C)N1CC[C@@H](CO)N(C)c2ncccc2C1. The molecule has 0 spiro atoms. The maximum atomic E-state index is 9.54. The summed E-state index contributed by atoms with van der Waals surface area (Å²) in [4.78, 5) is 9.04. The Hall–Kier alpha value is -1.13. The Balaban J connectivity index is 2.34. The van der Waals surface area contributed by atoms with Gasteiger partial charge in [0.05, 0.1) is 12.6 Å². The number of aliphatic hydroxyl groups is 1. The molecule has 2 heterocycles. The molecule has 4 heteroatoms. The summed E-state index contributed by atoms with van der Waals surface area (Å²) in [5, 5.41) is 9.54. The average Bonchev–Trinajstić information content (AvgIpc) is 2.36. The monoisotopic (exact) mass is 249 g/mol. The molecule has 0 unspecified atom stereocenters. The van der Waals surface area contributed by atoms with Crippen molar-refractivity contribution in [1.82, 2.24) is 9.88 Å². The highest BCUT2D eigenvalue weighted by Gasteiger charge is 2.24. The first kappa shape index (κ1) is 13.3. The molecule has 100 valence electrons. The second-order valence-electron chi connectivity index (χ2n) is 5.29. The van der Waals surface area contributed by atoms with Gasteiger partial charge in [0, 0.05) is 37.9 Å². The maximum absolute atomic E-state index is 9.54. The van der Waals surface area contributed by atoms with E-state index in [1.54, 1.807) is 0 Å². The third-order valence-corrected chi connectivity index (χ3v) is 3.81. The van der Waals surface area contributed by atoms with E-state index in [4.69, 9.17) is 0 Å². The summed E-state index contributed by atoms with van der Waals surface area (Å²) in [6.07, 6.45) is 2.80. The van der Waals surface area contributed by atoms with Crippen molar-refractivity contribution in [3.8, 4) is 0 Å². The normalized spacial score (nSPS) is 21.6. The molecule has 0 fully saturated rings. The second-order valence-corrected chi connectivity index (χ2v) is 5.29. The quantitative estimate of drug-likeness (QED) is 0.862. The van der Waals surface area contributed by atoms with E-state index in [2.05, 4.69) is 34.7 Å². The van der Waals surface area contributed by atoms with Crippen LogP contribution in [0.15, 0.2) is 18.3 Å². The van der Waals surface area contributed by atoms with E-state index in [9.17, 15) is 5.11 Å². The Morgan fingerprint density at radius 3 is 2.94 bits per heavy atom. The lowest BCUT2D eigenvalue weighted by atomic mass is 10.1. The molecule has 0 saturated carbocycles. The summed E-state index contributed by atoms with van der Waals surface area (Å²) in [6.45, 7) is 6.56. The van der Waals surface area contributed by atoms with Crippen molar-refractivity contribution in [2.75, 3.05) is 25.1 Å². The molecule has 1 atom stereocenters. The fourth-order valence-electron chi connectivity index (χ4n) is 2.51. The van der Waals surface area contributed by atoms with Crippen molar-refractivity contribution in [3.63, 3.8) is 0 Å². The van der Waals surface area contributed by atoms with Gasteiger partial charge in [-0.2, -0.15) is 0 Å². The van der Waals surface area contributed by atoms with Crippen LogP contribution in [-0.2, 0) is 6.54 Å². The van der Waals surface area contributed by atoms with Gasteiger partial charge in [0.1, 0.15) is 5.82 Å². The molecule has 0 aromatic carbocycles. The van der Waals surface area contributed by atoms with Gasteiger partial charge < -0.3 is 10.0 Å². The summed E-state index contributed by atoms with van der Waals surface area (Å²) in [5.41, 5.74) is 1.24. The Labute approximate surface area is 109 Å². The first-order valence-electron chi connectivity index (χ1n) is 6.65. The fourth-order valence-corrected chi connectivity index (χ4v) is 2.51. The van der Waals surface area contributed by atoms with Crippen molar-refractivity contribution in [2.45, 2.75) is 38.9 Å². The van der Waals surface area contributed by atoms with Crippen LogP contribution in [-0.4, -0.2) is 47.3 Å². The smallest absolute Gasteiger partial charge is 0.133 e. The zero-order chi connectivity index (χ0) is 13.1. The molecule has 4 nitrogen and oxygen atoms in total. The Bertz CT molecular complexity index is 394. The Kier molecular flexibility index (Phi) is 4.19. The molecule has 0 amide bonds. The van der Waals surface area contributed by atoms with Crippen LogP contribution in [0, 0.1) is 0 Å². The van der Waals surface area contributed by atoms with Crippen LogP contribution in [0.3, 0.4) is 0 Å². The molecule has 18 heavy (non-hydrogen) atoms. The van der Waals surface area contributed by atoms with Crippen molar-refractivity contribution in [1.29, 1.82) is 0 Å². The van der Waals surface area contributed by atoms with Gasteiger partial charge in [-0.3, -0.25) is 4.90 Å². The summed E-state index contributed by atoms with van der Waals surface area (Å²) >= 11 is 0. The largest absolute Gasteiger partial charge is 0.394 e. The lowest BCUT2D eigenvalue weighted by Crippen LogP contribution is -2.43. The minimum absolute atomic E-state index is 0.153. The molecule has 2 rings (SSSR count). The number of aliphatic hydroxyl groups excluding tert-OH is 1. The van der Waals surface area contributed by atoms with Crippen LogP contribution < -0.4 is 4.90 Å². The van der Waals surface area contributed by atoms with Gasteiger partial charge in [-0.25, -0.2) is 4.98 Å². The summed E-state index contributed by atoms with van der Waals surface area (Å²) in [5.74, 6) is 1.00. The molecule has 0 bridgehead atoms. The van der Waals surface area contributed by atoms with E-state index in [1.165, 1.54) is 5.56 Å². The summed E-state index contributed by atoms with van der Waals surface area (Å²) in [7, 11) is 2.03. The predicted octanol–water partition coefficient (Wildman–Crippen LogP) is 1.49. The number of hydrogen-bond acceptors (Lipinski definition) is 4. The van der Waals surface area contributed by atoms with Gasteiger partial charge in [0.15, 0.2) is 0 Å². The van der Waals surface area contributed by atoms with E-state index >= 15 is 0 Å². The molecule has 1 N–H and O–H groups in total. The number of fused-ring (bicyclic) bond motifs is 1. The number of hydrogen-bond donors (Lipinski definition) is 1. The molecular weight excluding hydrogens is 226 g/mol. The van der Waals surface area contributed by atoms with Gasteiger partial charge >= 0.3 is 0 Å². The molecule has 0 radical (unpaired) electrons. The molecule has 1 aliphatic rings. The molecule has 1 aromatic rings. The number of nitrogens with zero attached hydrogens (tertiary/aromatic N) is 3. The highest BCUT2D eigenvalue weighted by Crippen LogP contribution is 2.24.